The molecule has 1 heterocycles. The van der Waals surface area contributed by atoms with Crippen LogP contribution in [0.1, 0.15) is 272 Å². The van der Waals surface area contributed by atoms with E-state index < -0.39 is 0 Å². The van der Waals surface area contributed by atoms with Crippen LogP contribution in [0.3, 0.4) is 0 Å². The molecule has 5 heteroatoms. The maximum atomic E-state index is 12.9. The van der Waals surface area contributed by atoms with E-state index in [0.717, 1.165) is 63.6 Å². The fourth-order valence-electron chi connectivity index (χ4n) is 9.12. The molecule has 1 N–H and O–H groups in total. The van der Waals surface area contributed by atoms with Crippen LogP contribution in [0.25, 0.3) is 0 Å². The third kappa shape index (κ3) is 33.8. The van der Waals surface area contributed by atoms with Crippen molar-refractivity contribution in [2.75, 3.05) is 26.2 Å². The van der Waals surface area contributed by atoms with Crippen LogP contribution in [-0.2, 0) is 14.3 Å². The number of esters is 1. The SMILES string of the molecule is CCCCCC(CCCCC)CCCCCCCCCCC(CCCCCCCCC(=O)OCCC(CCCCC)CCCCC)NC(=O)CCN1CCCC1. The number of amides is 1. The van der Waals surface area contributed by atoms with Crippen molar-refractivity contribution >= 4 is 11.9 Å². The minimum atomic E-state index is 0.00358. The highest BCUT2D eigenvalue weighted by Gasteiger charge is 2.16. The molecule has 1 aliphatic rings. The van der Waals surface area contributed by atoms with E-state index in [1.807, 2.05) is 0 Å². The number of nitrogens with one attached hydrogen (secondary N) is 1. The lowest BCUT2D eigenvalue weighted by molar-refractivity contribution is -0.144. The Balaban J connectivity index is 2.24. The molecule has 1 atom stereocenters. The fraction of sp³-hybridized carbons (Fsp3) is 0.961. The van der Waals surface area contributed by atoms with Crippen molar-refractivity contribution in [3.8, 4) is 0 Å². The zero-order valence-electron chi connectivity index (χ0n) is 38.6. The second-order valence-corrected chi connectivity index (χ2v) is 18.4. The summed E-state index contributed by atoms with van der Waals surface area (Å²) in [7, 11) is 0. The van der Waals surface area contributed by atoms with Crippen molar-refractivity contribution in [2.45, 2.75) is 278 Å². The topological polar surface area (TPSA) is 58.6 Å². The third-order valence-corrected chi connectivity index (χ3v) is 13.0. The van der Waals surface area contributed by atoms with Gasteiger partial charge in [0.15, 0.2) is 0 Å². The largest absolute Gasteiger partial charge is 0.466 e. The second kappa shape index (κ2) is 40.7. The van der Waals surface area contributed by atoms with E-state index in [2.05, 4.69) is 37.9 Å². The Morgan fingerprint density at radius 1 is 0.464 bits per heavy atom. The van der Waals surface area contributed by atoms with Crippen LogP contribution < -0.4 is 5.32 Å². The Morgan fingerprint density at radius 2 is 0.839 bits per heavy atom. The molecule has 0 radical (unpaired) electrons. The summed E-state index contributed by atoms with van der Waals surface area (Å²) in [5.41, 5.74) is 0. The average Bonchev–Trinajstić information content (AvgIpc) is 3.72. The van der Waals surface area contributed by atoms with Gasteiger partial charge in [0.2, 0.25) is 5.91 Å². The maximum Gasteiger partial charge on any atom is 0.305 e. The highest BCUT2D eigenvalue weighted by atomic mass is 16.5. The minimum Gasteiger partial charge on any atom is -0.466 e. The lowest BCUT2D eigenvalue weighted by Gasteiger charge is -2.20. The molecule has 0 aliphatic carbocycles. The van der Waals surface area contributed by atoms with Gasteiger partial charge in [0, 0.05) is 25.4 Å². The summed E-state index contributed by atoms with van der Waals surface area (Å²) in [5.74, 6) is 1.97. The number of hydrogen-bond acceptors (Lipinski definition) is 4. The Bertz CT molecular complexity index is 823. The summed E-state index contributed by atoms with van der Waals surface area (Å²) in [6.07, 6.45) is 48.1. The van der Waals surface area contributed by atoms with E-state index in [-0.39, 0.29) is 11.9 Å². The molecule has 56 heavy (non-hydrogen) atoms. The molecule has 1 saturated heterocycles. The zero-order valence-corrected chi connectivity index (χ0v) is 38.6. The van der Waals surface area contributed by atoms with Gasteiger partial charge in [0.25, 0.3) is 0 Å². The molecule has 1 unspecified atom stereocenters. The molecular weight excluding hydrogens is 689 g/mol. The van der Waals surface area contributed by atoms with Crippen LogP contribution >= 0.6 is 0 Å². The lowest BCUT2D eigenvalue weighted by atomic mass is 9.90. The van der Waals surface area contributed by atoms with Gasteiger partial charge in [-0.15, -0.1) is 0 Å². The third-order valence-electron chi connectivity index (χ3n) is 13.0. The minimum absolute atomic E-state index is 0.00358. The van der Waals surface area contributed by atoms with Crippen LogP contribution in [0.5, 0.6) is 0 Å². The molecule has 0 aromatic carbocycles. The van der Waals surface area contributed by atoms with Gasteiger partial charge in [-0.2, -0.15) is 0 Å². The summed E-state index contributed by atoms with van der Waals surface area (Å²) < 4.78 is 5.66. The highest BCUT2D eigenvalue weighted by molar-refractivity contribution is 5.76. The van der Waals surface area contributed by atoms with Crippen molar-refractivity contribution in [3.05, 3.63) is 0 Å². The number of carbonyl (C=O) groups is 2. The summed E-state index contributed by atoms with van der Waals surface area (Å²) >= 11 is 0. The van der Waals surface area contributed by atoms with E-state index in [1.165, 1.54) is 199 Å². The molecule has 1 aliphatic heterocycles. The predicted molar refractivity (Wildman–Crippen MR) is 244 cm³/mol. The number of hydrogen-bond donors (Lipinski definition) is 1. The van der Waals surface area contributed by atoms with Gasteiger partial charge in [-0.3, -0.25) is 9.59 Å². The molecule has 1 rings (SSSR count). The molecular formula is C51H100N2O3. The first-order chi connectivity index (χ1) is 27.5. The molecule has 1 amide bonds. The molecule has 0 saturated carbocycles. The molecule has 1 fully saturated rings. The second-order valence-electron chi connectivity index (χ2n) is 18.4. The Hall–Kier alpha value is -1.10. The number of ether oxygens (including phenoxy) is 1. The Morgan fingerprint density at radius 3 is 1.29 bits per heavy atom. The first-order valence-electron chi connectivity index (χ1n) is 25.7. The van der Waals surface area contributed by atoms with E-state index in [4.69, 9.17) is 4.74 Å². The number of carbonyl (C=O) groups excluding carboxylic acids is 2. The molecule has 0 spiro atoms. The van der Waals surface area contributed by atoms with E-state index in [1.54, 1.807) is 0 Å². The van der Waals surface area contributed by atoms with Crippen molar-refractivity contribution in [2.24, 2.45) is 11.8 Å². The number of unbranched alkanes of at least 4 members (excludes halogenated alkanes) is 20. The Kier molecular flexibility index (Phi) is 38.4. The lowest BCUT2D eigenvalue weighted by Crippen LogP contribution is -2.36. The van der Waals surface area contributed by atoms with E-state index in [0.29, 0.717) is 25.5 Å². The van der Waals surface area contributed by atoms with Crippen LogP contribution in [0.4, 0.5) is 0 Å². The first kappa shape index (κ1) is 52.9. The number of likely N-dealkylation sites (tertiary alicyclic amines) is 1. The van der Waals surface area contributed by atoms with Gasteiger partial charge in [0.05, 0.1) is 6.61 Å². The van der Waals surface area contributed by atoms with E-state index >= 15 is 0 Å². The zero-order chi connectivity index (χ0) is 40.6. The molecule has 5 nitrogen and oxygen atoms in total. The van der Waals surface area contributed by atoms with Gasteiger partial charge >= 0.3 is 5.97 Å². The smallest absolute Gasteiger partial charge is 0.305 e. The van der Waals surface area contributed by atoms with Crippen molar-refractivity contribution in [1.82, 2.24) is 10.2 Å². The van der Waals surface area contributed by atoms with Gasteiger partial charge < -0.3 is 15.0 Å². The fourth-order valence-corrected chi connectivity index (χ4v) is 9.12. The van der Waals surface area contributed by atoms with Crippen LogP contribution in [0.15, 0.2) is 0 Å². The van der Waals surface area contributed by atoms with Gasteiger partial charge in [0.1, 0.15) is 0 Å². The summed E-state index contributed by atoms with van der Waals surface area (Å²) in [4.78, 5) is 27.8. The van der Waals surface area contributed by atoms with Gasteiger partial charge in [-0.25, -0.2) is 0 Å². The number of nitrogens with zero attached hydrogens (tertiary/aromatic N) is 1. The van der Waals surface area contributed by atoms with Crippen molar-refractivity contribution < 1.29 is 14.3 Å². The summed E-state index contributed by atoms with van der Waals surface area (Å²) in [5, 5.41) is 3.46. The monoisotopic (exact) mass is 789 g/mol. The standard InChI is InChI=1S/C51H100N2O3/c1-5-9-23-33-47(34-24-10-6-2)37-27-19-15-13-14-16-20-28-38-49(52-50(54)41-45-53-43-31-32-44-53)39-29-21-17-18-22-30-40-51(55)56-46-42-48(35-25-11-7-3)36-26-12-8-4/h47-49H,5-46H2,1-4H3,(H,52,54). The first-order valence-corrected chi connectivity index (χ1v) is 25.7. The van der Waals surface area contributed by atoms with Crippen LogP contribution in [-0.4, -0.2) is 49.1 Å². The van der Waals surface area contributed by atoms with Gasteiger partial charge in [-0.05, 0) is 63.5 Å². The van der Waals surface area contributed by atoms with Crippen LogP contribution in [0.2, 0.25) is 0 Å². The maximum absolute atomic E-state index is 12.9. The van der Waals surface area contributed by atoms with Crippen LogP contribution in [0, 0.1) is 11.8 Å². The molecule has 0 bridgehead atoms. The Labute approximate surface area is 351 Å². The number of rotatable bonds is 43. The normalized spacial score (nSPS) is 14.0. The quantitative estimate of drug-likeness (QED) is 0.0494. The summed E-state index contributed by atoms with van der Waals surface area (Å²) in [6, 6.07) is 0.330. The predicted octanol–water partition coefficient (Wildman–Crippen LogP) is 15.5. The van der Waals surface area contributed by atoms with Gasteiger partial charge in [-0.1, -0.05) is 220 Å². The highest BCUT2D eigenvalue weighted by Crippen LogP contribution is 2.25. The van der Waals surface area contributed by atoms with Crippen molar-refractivity contribution in [1.29, 1.82) is 0 Å². The molecule has 0 aromatic rings. The molecule has 332 valence electrons. The van der Waals surface area contributed by atoms with E-state index in [9.17, 15) is 9.59 Å². The molecule has 0 aromatic heterocycles. The van der Waals surface area contributed by atoms with Crippen molar-refractivity contribution in [3.63, 3.8) is 0 Å². The summed E-state index contributed by atoms with van der Waals surface area (Å²) in [6.45, 7) is 13.0. The average molecular weight is 789 g/mol.